The van der Waals surface area contributed by atoms with Crippen molar-refractivity contribution in [3.63, 3.8) is 0 Å². The van der Waals surface area contributed by atoms with E-state index >= 15 is 0 Å². The van der Waals surface area contributed by atoms with Crippen LogP contribution >= 0.6 is 0 Å². The molecule has 1 aliphatic carbocycles. The van der Waals surface area contributed by atoms with Crippen molar-refractivity contribution in [3.8, 4) is 5.75 Å². The van der Waals surface area contributed by atoms with E-state index in [2.05, 4.69) is 16.0 Å². The fourth-order valence-electron chi connectivity index (χ4n) is 4.69. The van der Waals surface area contributed by atoms with Crippen molar-refractivity contribution in [2.24, 2.45) is 0 Å². The van der Waals surface area contributed by atoms with Crippen molar-refractivity contribution in [1.29, 1.82) is 0 Å². The zero-order valence-corrected chi connectivity index (χ0v) is 23.2. The molecular formula is C31H37N3O6. The summed E-state index contributed by atoms with van der Waals surface area (Å²) >= 11 is 0. The number of hydrogen-bond donors (Lipinski definition) is 3. The minimum absolute atomic E-state index is 0.174. The van der Waals surface area contributed by atoms with Gasteiger partial charge in [0, 0.05) is 12.0 Å². The maximum Gasteiger partial charge on any atom is 0.247 e. The number of amides is 3. The molecule has 9 heteroatoms. The third-order valence-electron chi connectivity index (χ3n) is 7.32. The van der Waals surface area contributed by atoms with Gasteiger partial charge < -0.3 is 25.4 Å². The Morgan fingerprint density at radius 1 is 0.900 bits per heavy atom. The zero-order chi connectivity index (χ0) is 28.7. The van der Waals surface area contributed by atoms with E-state index in [1.165, 1.54) is 0 Å². The Kier molecular flexibility index (Phi) is 9.37. The van der Waals surface area contributed by atoms with Gasteiger partial charge in [-0.25, -0.2) is 0 Å². The fraction of sp³-hybridized carbons (Fsp3) is 0.419. The minimum atomic E-state index is -0.995. The molecule has 9 nitrogen and oxygen atoms in total. The number of rotatable bonds is 13. The summed E-state index contributed by atoms with van der Waals surface area (Å²) in [5.41, 5.74) is 1.41. The SMILES string of the molecule is COc1ccc(C[C@H](NC(=O)[C@@H](C)NC(=O)C2=CCCC2)C(=O)N[C@@H](Cc2ccccc2)C(=O)[C@@]2(C)CO2)cc1. The molecule has 4 rings (SSSR count). The van der Waals surface area contributed by atoms with Crippen molar-refractivity contribution in [3.05, 3.63) is 77.4 Å². The average molecular weight is 548 g/mol. The minimum Gasteiger partial charge on any atom is -0.497 e. The van der Waals surface area contributed by atoms with E-state index in [1.54, 1.807) is 33.1 Å². The van der Waals surface area contributed by atoms with Gasteiger partial charge >= 0.3 is 0 Å². The molecule has 2 aromatic rings. The van der Waals surface area contributed by atoms with Crippen LogP contribution in [0.4, 0.5) is 0 Å². The highest BCUT2D eigenvalue weighted by Crippen LogP contribution is 2.29. The van der Waals surface area contributed by atoms with Gasteiger partial charge in [0.05, 0.1) is 19.8 Å². The van der Waals surface area contributed by atoms with Gasteiger partial charge in [-0.3, -0.25) is 19.2 Å². The van der Waals surface area contributed by atoms with Crippen LogP contribution in [0.25, 0.3) is 0 Å². The van der Waals surface area contributed by atoms with E-state index in [0.29, 0.717) is 24.4 Å². The van der Waals surface area contributed by atoms with Gasteiger partial charge in [0.1, 0.15) is 23.4 Å². The molecule has 0 unspecified atom stereocenters. The lowest BCUT2D eigenvalue weighted by atomic mass is 9.94. The van der Waals surface area contributed by atoms with E-state index in [4.69, 9.17) is 9.47 Å². The molecule has 0 spiro atoms. The Morgan fingerprint density at radius 2 is 1.52 bits per heavy atom. The van der Waals surface area contributed by atoms with Crippen LogP contribution in [0.3, 0.4) is 0 Å². The molecule has 0 radical (unpaired) electrons. The van der Waals surface area contributed by atoms with Gasteiger partial charge in [0.25, 0.3) is 0 Å². The van der Waals surface area contributed by atoms with Gasteiger partial charge in [-0.15, -0.1) is 0 Å². The maximum absolute atomic E-state index is 13.7. The molecular weight excluding hydrogens is 510 g/mol. The predicted molar refractivity (Wildman–Crippen MR) is 150 cm³/mol. The van der Waals surface area contributed by atoms with Crippen LogP contribution < -0.4 is 20.7 Å². The van der Waals surface area contributed by atoms with Crippen LogP contribution in [0.15, 0.2) is 66.2 Å². The summed E-state index contributed by atoms with van der Waals surface area (Å²) in [6, 6.07) is 13.9. The number of nitrogens with one attached hydrogen (secondary N) is 3. The summed E-state index contributed by atoms with van der Waals surface area (Å²) in [6.45, 7) is 3.59. The zero-order valence-electron chi connectivity index (χ0n) is 23.2. The van der Waals surface area contributed by atoms with Crippen LogP contribution in [0.5, 0.6) is 5.75 Å². The van der Waals surface area contributed by atoms with Crippen molar-refractivity contribution >= 4 is 23.5 Å². The molecule has 0 bridgehead atoms. The number of Topliss-reactive ketones (excluding diaryl/α,β-unsaturated/α-hetero) is 1. The number of epoxide rings is 1. The Labute approximate surface area is 234 Å². The van der Waals surface area contributed by atoms with Crippen LogP contribution in [0.1, 0.15) is 44.2 Å². The normalized spacial score (nSPS) is 19.9. The Balaban J connectivity index is 1.50. The number of carbonyl (C=O) groups excluding carboxylic acids is 4. The number of methoxy groups -OCH3 is 1. The first-order chi connectivity index (χ1) is 19.2. The standard InChI is InChI=1S/C31H37N3O6/c1-20(32-29(37)23-11-7-8-12-23)28(36)34-26(18-22-13-15-24(39-3)16-14-22)30(38)33-25(27(35)31(2)19-40-31)17-21-9-5-4-6-10-21/h4-6,9-11,13-16,20,25-26H,7-8,12,17-19H2,1-3H3,(H,32,37)(H,33,38)(H,34,36)/t20-,25+,26+,31-/m1/s1. The van der Waals surface area contributed by atoms with Crippen molar-refractivity contribution in [1.82, 2.24) is 16.0 Å². The molecule has 1 aliphatic heterocycles. The van der Waals surface area contributed by atoms with Crippen LogP contribution in [-0.4, -0.2) is 60.9 Å². The number of ketones is 1. The number of allylic oxidation sites excluding steroid dienone is 1. The molecule has 2 aromatic carbocycles. The summed E-state index contributed by atoms with van der Waals surface area (Å²) in [7, 11) is 1.57. The number of benzene rings is 2. The number of hydrogen-bond acceptors (Lipinski definition) is 6. The quantitative estimate of drug-likeness (QED) is 0.331. The summed E-state index contributed by atoms with van der Waals surface area (Å²) < 4.78 is 10.6. The third-order valence-corrected chi connectivity index (χ3v) is 7.32. The van der Waals surface area contributed by atoms with E-state index in [-0.39, 0.29) is 24.5 Å². The summed E-state index contributed by atoms with van der Waals surface area (Å²) in [4.78, 5) is 52.6. The maximum atomic E-state index is 13.7. The average Bonchev–Trinajstić information content (AvgIpc) is 3.47. The van der Waals surface area contributed by atoms with Crippen molar-refractivity contribution in [2.45, 2.75) is 69.7 Å². The second-order valence-corrected chi connectivity index (χ2v) is 10.6. The highest BCUT2D eigenvalue weighted by molar-refractivity contribution is 5.99. The van der Waals surface area contributed by atoms with E-state index in [0.717, 1.165) is 24.0 Å². The molecule has 3 amide bonds. The fourth-order valence-corrected chi connectivity index (χ4v) is 4.69. The first-order valence-electron chi connectivity index (χ1n) is 13.6. The molecule has 0 aromatic heterocycles. The van der Waals surface area contributed by atoms with Gasteiger partial charge in [-0.05, 0) is 62.8 Å². The molecule has 2 aliphatic rings. The molecule has 1 fully saturated rings. The van der Waals surface area contributed by atoms with Crippen LogP contribution in [0.2, 0.25) is 0 Å². The molecule has 1 saturated heterocycles. The molecule has 4 atom stereocenters. The first kappa shape index (κ1) is 29.0. The van der Waals surface area contributed by atoms with Gasteiger partial charge in [-0.1, -0.05) is 48.5 Å². The first-order valence-corrected chi connectivity index (χ1v) is 13.6. The van der Waals surface area contributed by atoms with E-state index in [9.17, 15) is 19.2 Å². The molecule has 40 heavy (non-hydrogen) atoms. The second-order valence-electron chi connectivity index (χ2n) is 10.6. The molecule has 0 saturated carbocycles. The highest BCUT2D eigenvalue weighted by Gasteiger charge is 2.50. The smallest absolute Gasteiger partial charge is 0.247 e. The third kappa shape index (κ3) is 7.57. The highest BCUT2D eigenvalue weighted by atomic mass is 16.6. The molecule has 1 heterocycles. The van der Waals surface area contributed by atoms with Crippen molar-refractivity contribution < 1.29 is 28.7 Å². The van der Waals surface area contributed by atoms with Crippen molar-refractivity contribution in [2.75, 3.05) is 13.7 Å². The van der Waals surface area contributed by atoms with Gasteiger partial charge in [0.15, 0.2) is 5.78 Å². The summed E-state index contributed by atoms with van der Waals surface area (Å²) in [6.07, 6.45) is 4.79. The summed E-state index contributed by atoms with van der Waals surface area (Å²) in [5, 5.41) is 8.40. The molecule has 3 N–H and O–H groups in total. The van der Waals surface area contributed by atoms with Gasteiger partial charge in [0.2, 0.25) is 17.7 Å². The topological polar surface area (TPSA) is 126 Å². The van der Waals surface area contributed by atoms with Crippen LogP contribution in [-0.2, 0) is 36.8 Å². The largest absolute Gasteiger partial charge is 0.497 e. The van der Waals surface area contributed by atoms with Gasteiger partial charge in [-0.2, -0.15) is 0 Å². The Morgan fingerprint density at radius 3 is 2.12 bits per heavy atom. The Bertz CT molecular complexity index is 1250. The lowest BCUT2D eigenvalue weighted by Crippen LogP contribution is -2.57. The lowest BCUT2D eigenvalue weighted by Gasteiger charge is -2.25. The second kappa shape index (κ2) is 12.9. The van der Waals surface area contributed by atoms with E-state index < -0.39 is 35.5 Å². The predicted octanol–water partition coefficient (Wildman–Crippen LogP) is 2.42. The lowest BCUT2D eigenvalue weighted by molar-refractivity contribution is -0.133. The van der Waals surface area contributed by atoms with E-state index in [1.807, 2.05) is 48.5 Å². The number of ether oxygens (including phenoxy) is 2. The number of carbonyl (C=O) groups is 4. The van der Waals surface area contributed by atoms with Crippen LogP contribution in [0, 0.1) is 0 Å². The Hall–Kier alpha value is -3.98. The monoisotopic (exact) mass is 547 g/mol. The summed E-state index contributed by atoms with van der Waals surface area (Å²) in [5.74, 6) is -0.825. The molecule has 212 valence electrons.